The van der Waals surface area contributed by atoms with Crippen molar-refractivity contribution >= 4 is 17.6 Å². The summed E-state index contributed by atoms with van der Waals surface area (Å²) in [6.07, 6.45) is 4.23. The minimum absolute atomic E-state index is 0.137. The van der Waals surface area contributed by atoms with E-state index >= 15 is 0 Å². The summed E-state index contributed by atoms with van der Waals surface area (Å²) in [5.74, 6) is 0.935. The molecule has 0 aliphatic carbocycles. The van der Waals surface area contributed by atoms with E-state index in [1.807, 2.05) is 18.2 Å². The van der Waals surface area contributed by atoms with Crippen LogP contribution in [0.4, 0.5) is 5.82 Å². The fraction of sp³-hybridized carbons (Fsp3) is 0.269. The number of nitrogens with zero attached hydrogens (tertiary/aromatic N) is 5. The smallest absolute Gasteiger partial charge is 0.343 e. The van der Waals surface area contributed by atoms with Crippen molar-refractivity contribution in [2.75, 3.05) is 11.9 Å². The quantitative estimate of drug-likeness (QED) is 0.238. The molecule has 2 aromatic carbocycles. The van der Waals surface area contributed by atoms with Gasteiger partial charge in [0.05, 0.1) is 6.61 Å². The number of hydrogen-bond donors (Lipinski definition) is 2. The Morgan fingerprint density at radius 2 is 1.83 bits per heavy atom. The highest BCUT2D eigenvalue weighted by Gasteiger charge is 2.18. The van der Waals surface area contributed by atoms with Crippen LogP contribution in [0.3, 0.4) is 0 Å². The average molecular weight is 486 g/mol. The SMILES string of the molecule is CCCCc1ncc(C(=O)OCC)c(NCc2ccc(C(=O)c3ccccc3-c3nnn[nH]3)cc2)n1. The number of hydrogen-bond acceptors (Lipinski definition) is 9. The van der Waals surface area contributed by atoms with Gasteiger partial charge in [0.1, 0.15) is 17.2 Å². The lowest BCUT2D eigenvalue weighted by molar-refractivity contribution is 0.0526. The minimum Gasteiger partial charge on any atom is -0.462 e. The second kappa shape index (κ2) is 11.8. The number of aromatic amines is 1. The van der Waals surface area contributed by atoms with E-state index in [4.69, 9.17) is 4.74 Å². The lowest BCUT2D eigenvalue weighted by Gasteiger charge is -2.12. The molecule has 10 nitrogen and oxygen atoms in total. The van der Waals surface area contributed by atoms with Crippen LogP contribution in [0.15, 0.2) is 54.7 Å². The highest BCUT2D eigenvalue weighted by Crippen LogP contribution is 2.23. The normalized spacial score (nSPS) is 10.7. The van der Waals surface area contributed by atoms with E-state index in [1.165, 1.54) is 6.20 Å². The van der Waals surface area contributed by atoms with Crippen LogP contribution in [0.1, 0.15) is 64.4 Å². The molecule has 2 aromatic heterocycles. The van der Waals surface area contributed by atoms with Gasteiger partial charge in [-0.05, 0) is 29.3 Å². The van der Waals surface area contributed by atoms with Gasteiger partial charge in [0.25, 0.3) is 0 Å². The fourth-order valence-corrected chi connectivity index (χ4v) is 3.64. The number of benzene rings is 2. The first kappa shape index (κ1) is 24.6. The van der Waals surface area contributed by atoms with Crippen molar-refractivity contribution in [1.82, 2.24) is 30.6 Å². The zero-order chi connectivity index (χ0) is 25.3. The molecule has 0 atom stereocenters. The molecular weight excluding hydrogens is 458 g/mol. The molecule has 0 spiro atoms. The number of esters is 1. The Morgan fingerprint density at radius 1 is 1.03 bits per heavy atom. The first-order valence-corrected chi connectivity index (χ1v) is 11.8. The maximum absolute atomic E-state index is 13.2. The van der Waals surface area contributed by atoms with Crippen LogP contribution in [-0.4, -0.2) is 49.0 Å². The van der Waals surface area contributed by atoms with Gasteiger partial charge < -0.3 is 10.1 Å². The molecule has 184 valence electrons. The van der Waals surface area contributed by atoms with Crippen LogP contribution < -0.4 is 5.32 Å². The van der Waals surface area contributed by atoms with Gasteiger partial charge in [-0.2, -0.15) is 0 Å². The number of carbonyl (C=O) groups excluding carboxylic acids is 2. The number of aryl methyl sites for hydroxylation is 1. The van der Waals surface area contributed by atoms with Crippen molar-refractivity contribution in [1.29, 1.82) is 0 Å². The molecule has 4 rings (SSSR count). The predicted molar refractivity (Wildman–Crippen MR) is 133 cm³/mol. The van der Waals surface area contributed by atoms with E-state index in [1.54, 1.807) is 37.3 Å². The third-order valence-electron chi connectivity index (χ3n) is 5.54. The monoisotopic (exact) mass is 485 g/mol. The molecule has 0 saturated heterocycles. The molecule has 2 N–H and O–H groups in total. The van der Waals surface area contributed by atoms with Crippen molar-refractivity contribution in [3.63, 3.8) is 0 Å². The van der Waals surface area contributed by atoms with Crippen molar-refractivity contribution in [3.8, 4) is 11.4 Å². The van der Waals surface area contributed by atoms with Crippen molar-refractivity contribution in [2.24, 2.45) is 0 Å². The van der Waals surface area contributed by atoms with E-state index in [2.05, 4.69) is 42.8 Å². The van der Waals surface area contributed by atoms with Gasteiger partial charge >= 0.3 is 5.97 Å². The molecule has 2 heterocycles. The minimum atomic E-state index is -0.469. The van der Waals surface area contributed by atoms with Gasteiger partial charge in [-0.3, -0.25) is 4.79 Å². The van der Waals surface area contributed by atoms with Crippen LogP contribution in [0.25, 0.3) is 11.4 Å². The largest absolute Gasteiger partial charge is 0.462 e. The fourth-order valence-electron chi connectivity index (χ4n) is 3.64. The summed E-state index contributed by atoms with van der Waals surface area (Å²) in [5, 5.41) is 17.1. The Labute approximate surface area is 208 Å². The third-order valence-corrected chi connectivity index (χ3v) is 5.54. The third kappa shape index (κ3) is 5.77. The summed E-state index contributed by atoms with van der Waals surface area (Å²) < 4.78 is 5.15. The number of aromatic nitrogens is 6. The van der Waals surface area contributed by atoms with Crippen LogP contribution in [-0.2, 0) is 17.7 Å². The lowest BCUT2D eigenvalue weighted by atomic mass is 9.97. The molecule has 0 saturated carbocycles. The van der Waals surface area contributed by atoms with Crippen LogP contribution in [0.2, 0.25) is 0 Å². The molecule has 4 aromatic rings. The van der Waals surface area contributed by atoms with Crippen LogP contribution >= 0.6 is 0 Å². The predicted octanol–water partition coefficient (Wildman–Crippen LogP) is 4.02. The molecule has 0 amide bonds. The Morgan fingerprint density at radius 3 is 2.56 bits per heavy atom. The maximum Gasteiger partial charge on any atom is 0.343 e. The zero-order valence-corrected chi connectivity index (χ0v) is 20.2. The molecule has 10 heteroatoms. The van der Waals surface area contributed by atoms with Gasteiger partial charge in [-0.25, -0.2) is 19.9 Å². The van der Waals surface area contributed by atoms with Gasteiger partial charge in [0.15, 0.2) is 11.6 Å². The standard InChI is InChI=1S/C26H27N7O3/c1-3-5-10-22-27-16-21(26(35)36-4-2)24(29-22)28-15-17-11-13-18(14-12-17)23(34)19-8-6-7-9-20(19)25-30-32-33-31-25/h6-9,11-14,16H,3-5,10,15H2,1-2H3,(H,27,28,29)(H,30,31,32,33). The number of ether oxygens (including phenoxy) is 1. The Balaban J connectivity index is 1.50. The Kier molecular flexibility index (Phi) is 8.07. The number of nitrogens with one attached hydrogen (secondary N) is 2. The summed E-state index contributed by atoms with van der Waals surface area (Å²) in [6, 6.07) is 14.4. The number of unbranched alkanes of at least 4 members (excludes halogenated alkanes) is 1. The number of H-pyrrole nitrogens is 1. The van der Waals surface area contributed by atoms with E-state index in [9.17, 15) is 9.59 Å². The number of ketones is 1. The van der Waals surface area contributed by atoms with E-state index in [-0.39, 0.29) is 12.4 Å². The summed E-state index contributed by atoms with van der Waals surface area (Å²) in [6.45, 7) is 4.53. The maximum atomic E-state index is 13.2. The summed E-state index contributed by atoms with van der Waals surface area (Å²) in [4.78, 5) is 34.4. The first-order chi connectivity index (χ1) is 17.6. The van der Waals surface area contributed by atoms with Gasteiger partial charge in [0, 0.05) is 35.9 Å². The Hall–Kier alpha value is -4.47. The number of anilines is 1. The summed E-state index contributed by atoms with van der Waals surface area (Å²) >= 11 is 0. The highest BCUT2D eigenvalue weighted by atomic mass is 16.5. The number of carbonyl (C=O) groups is 2. The van der Waals surface area contributed by atoms with Crippen molar-refractivity contribution < 1.29 is 14.3 Å². The Bertz CT molecular complexity index is 1320. The molecule has 36 heavy (non-hydrogen) atoms. The molecule has 0 aliphatic rings. The van der Waals surface area contributed by atoms with Gasteiger partial charge in [0.2, 0.25) is 0 Å². The summed E-state index contributed by atoms with van der Waals surface area (Å²) in [5.41, 5.74) is 2.88. The van der Waals surface area contributed by atoms with Crippen LogP contribution in [0.5, 0.6) is 0 Å². The highest BCUT2D eigenvalue weighted by molar-refractivity contribution is 6.12. The zero-order valence-electron chi connectivity index (χ0n) is 20.2. The van der Waals surface area contributed by atoms with E-state index < -0.39 is 5.97 Å². The second-order valence-electron chi connectivity index (χ2n) is 8.05. The van der Waals surface area contributed by atoms with Gasteiger partial charge in [-0.1, -0.05) is 61.9 Å². The molecular formula is C26H27N7O3. The van der Waals surface area contributed by atoms with E-state index in [0.29, 0.717) is 46.3 Å². The summed E-state index contributed by atoms with van der Waals surface area (Å²) in [7, 11) is 0. The number of tetrazole rings is 1. The van der Waals surface area contributed by atoms with E-state index in [0.717, 1.165) is 24.8 Å². The molecule has 0 unspecified atom stereocenters. The molecule has 0 fully saturated rings. The van der Waals surface area contributed by atoms with Crippen molar-refractivity contribution in [2.45, 2.75) is 39.7 Å². The topological polar surface area (TPSA) is 136 Å². The van der Waals surface area contributed by atoms with Crippen LogP contribution in [0, 0.1) is 0 Å². The molecule has 0 aliphatic heterocycles. The van der Waals surface area contributed by atoms with Crippen molar-refractivity contribution in [3.05, 3.63) is 82.8 Å². The second-order valence-corrected chi connectivity index (χ2v) is 8.05. The lowest BCUT2D eigenvalue weighted by Crippen LogP contribution is -2.14. The molecule has 0 bridgehead atoms. The molecule has 0 radical (unpaired) electrons. The first-order valence-electron chi connectivity index (χ1n) is 11.8. The average Bonchev–Trinajstić information content (AvgIpc) is 3.46. The van der Waals surface area contributed by atoms with Gasteiger partial charge in [-0.15, -0.1) is 5.10 Å². The number of rotatable bonds is 11.